The number of allylic oxidation sites excluding steroid dienone is 1. The van der Waals surface area contributed by atoms with Gasteiger partial charge in [-0.25, -0.2) is 0 Å². The fraction of sp³-hybridized carbons (Fsp3) is 0.818. The number of hydrogen-bond donors (Lipinski definition) is 1. The number of unbranched alkanes of at least 4 members (excludes halogenated alkanes) is 1. The molecule has 0 aromatic heterocycles. The van der Waals surface area contributed by atoms with Crippen LogP contribution in [0.25, 0.3) is 0 Å². The molecular weight excluding hydrogens is 148 g/mol. The van der Waals surface area contributed by atoms with E-state index in [1.165, 1.54) is 6.42 Å². The number of rotatable bonds is 4. The zero-order chi connectivity index (χ0) is 9.24. The number of aliphatic hydroxyl groups is 1. The Hall–Kier alpha value is -0.300. The molecule has 1 nitrogen and oxygen atoms in total. The number of aliphatic hydroxyl groups excluding tert-OH is 1. The molecule has 0 spiro atoms. The van der Waals surface area contributed by atoms with Gasteiger partial charge in [-0.05, 0) is 18.3 Å². The highest BCUT2D eigenvalue weighted by Gasteiger charge is 2.58. The van der Waals surface area contributed by atoms with Gasteiger partial charge in [-0.1, -0.05) is 39.3 Å². The van der Waals surface area contributed by atoms with Crippen LogP contribution in [0.2, 0.25) is 0 Å². The third kappa shape index (κ3) is 1.56. The minimum Gasteiger partial charge on any atom is -0.395 e. The molecule has 0 bridgehead atoms. The topological polar surface area (TPSA) is 20.2 Å². The third-order valence-corrected chi connectivity index (χ3v) is 3.15. The highest BCUT2D eigenvalue weighted by atomic mass is 16.3. The highest BCUT2D eigenvalue weighted by molar-refractivity contribution is 5.20. The normalized spacial score (nSPS) is 32.7. The lowest BCUT2D eigenvalue weighted by Crippen LogP contribution is -2.10. The van der Waals surface area contributed by atoms with Crippen LogP contribution >= 0.6 is 0 Å². The van der Waals surface area contributed by atoms with Crippen molar-refractivity contribution in [1.82, 2.24) is 0 Å². The molecule has 0 amide bonds. The molecule has 1 atom stereocenters. The summed E-state index contributed by atoms with van der Waals surface area (Å²) in [4.78, 5) is 0. The summed E-state index contributed by atoms with van der Waals surface area (Å²) in [7, 11) is 0. The fourth-order valence-corrected chi connectivity index (χ4v) is 1.83. The Balaban J connectivity index is 2.50. The molecule has 0 heterocycles. The molecule has 1 heteroatoms. The fourth-order valence-electron chi connectivity index (χ4n) is 1.83. The predicted molar refractivity (Wildman–Crippen MR) is 52.0 cm³/mol. The highest BCUT2D eigenvalue weighted by Crippen LogP contribution is 2.64. The molecule has 1 N–H and O–H groups in total. The van der Waals surface area contributed by atoms with Crippen LogP contribution < -0.4 is 0 Å². The molecule has 1 unspecified atom stereocenters. The summed E-state index contributed by atoms with van der Waals surface area (Å²) in [5.74, 6) is 0. The summed E-state index contributed by atoms with van der Waals surface area (Å²) in [5, 5.41) is 9.24. The summed E-state index contributed by atoms with van der Waals surface area (Å²) < 4.78 is 0. The van der Waals surface area contributed by atoms with Crippen LogP contribution in [0, 0.1) is 10.8 Å². The number of hydrogen-bond acceptors (Lipinski definition) is 1. The molecular formula is C11H20O. The van der Waals surface area contributed by atoms with Crippen LogP contribution in [0.15, 0.2) is 12.2 Å². The summed E-state index contributed by atoms with van der Waals surface area (Å²) in [5.41, 5.74) is 0.439. The Labute approximate surface area is 75.5 Å². The molecule has 1 fully saturated rings. The molecule has 70 valence electrons. The Bertz CT molecular complexity index is 181. The van der Waals surface area contributed by atoms with E-state index >= 15 is 0 Å². The van der Waals surface area contributed by atoms with Gasteiger partial charge in [0.1, 0.15) is 0 Å². The Kier molecular flexibility index (Phi) is 2.62. The van der Waals surface area contributed by atoms with Gasteiger partial charge in [0.15, 0.2) is 0 Å². The molecule has 1 aliphatic carbocycles. The van der Waals surface area contributed by atoms with Crippen LogP contribution in [-0.4, -0.2) is 11.7 Å². The first-order valence-electron chi connectivity index (χ1n) is 4.86. The Morgan fingerprint density at radius 3 is 2.33 bits per heavy atom. The van der Waals surface area contributed by atoms with Crippen LogP contribution in [0.1, 0.15) is 40.0 Å². The van der Waals surface area contributed by atoms with Crippen LogP contribution in [0.3, 0.4) is 0 Å². The molecule has 0 radical (unpaired) electrons. The van der Waals surface area contributed by atoms with Gasteiger partial charge in [-0.15, -0.1) is 0 Å². The summed E-state index contributed by atoms with van der Waals surface area (Å²) in [6.45, 7) is 6.92. The SMILES string of the molecule is CCC/C=C/C1(CO)CC1(C)C. The maximum atomic E-state index is 9.24. The van der Waals surface area contributed by atoms with Crippen LogP contribution in [-0.2, 0) is 0 Å². The maximum absolute atomic E-state index is 9.24. The van der Waals surface area contributed by atoms with Crippen molar-refractivity contribution in [2.45, 2.75) is 40.0 Å². The zero-order valence-corrected chi connectivity index (χ0v) is 8.43. The van der Waals surface area contributed by atoms with Gasteiger partial charge >= 0.3 is 0 Å². The molecule has 1 aliphatic rings. The van der Waals surface area contributed by atoms with Gasteiger partial charge < -0.3 is 5.11 Å². The Morgan fingerprint density at radius 1 is 1.42 bits per heavy atom. The van der Waals surface area contributed by atoms with Crippen molar-refractivity contribution in [3.05, 3.63) is 12.2 Å². The lowest BCUT2D eigenvalue weighted by molar-refractivity contribution is 0.215. The predicted octanol–water partition coefficient (Wildman–Crippen LogP) is 2.75. The maximum Gasteiger partial charge on any atom is 0.0527 e. The first-order valence-corrected chi connectivity index (χ1v) is 4.86. The Morgan fingerprint density at radius 2 is 2.00 bits per heavy atom. The van der Waals surface area contributed by atoms with Gasteiger partial charge in [-0.2, -0.15) is 0 Å². The second-order valence-electron chi connectivity index (χ2n) is 4.57. The summed E-state index contributed by atoms with van der Waals surface area (Å²) in [6.07, 6.45) is 7.90. The molecule has 1 saturated carbocycles. The van der Waals surface area contributed by atoms with Crippen LogP contribution in [0.5, 0.6) is 0 Å². The average molecular weight is 168 g/mol. The van der Waals surface area contributed by atoms with E-state index in [9.17, 15) is 5.11 Å². The molecule has 0 aromatic rings. The van der Waals surface area contributed by atoms with Gasteiger partial charge in [0.2, 0.25) is 0 Å². The second-order valence-corrected chi connectivity index (χ2v) is 4.57. The van der Waals surface area contributed by atoms with E-state index < -0.39 is 0 Å². The summed E-state index contributed by atoms with van der Waals surface area (Å²) in [6, 6.07) is 0. The molecule has 0 aliphatic heterocycles. The van der Waals surface area contributed by atoms with E-state index in [1.807, 2.05) is 0 Å². The van der Waals surface area contributed by atoms with Gasteiger partial charge in [0.05, 0.1) is 6.61 Å². The van der Waals surface area contributed by atoms with Crippen molar-refractivity contribution < 1.29 is 5.11 Å². The van der Waals surface area contributed by atoms with Crippen molar-refractivity contribution in [2.75, 3.05) is 6.61 Å². The minimum atomic E-state index is 0.113. The molecule has 0 saturated heterocycles. The minimum absolute atomic E-state index is 0.113. The molecule has 12 heavy (non-hydrogen) atoms. The van der Waals surface area contributed by atoms with E-state index in [2.05, 4.69) is 32.9 Å². The summed E-state index contributed by atoms with van der Waals surface area (Å²) >= 11 is 0. The van der Waals surface area contributed by atoms with Crippen molar-refractivity contribution in [3.63, 3.8) is 0 Å². The zero-order valence-electron chi connectivity index (χ0n) is 8.43. The largest absolute Gasteiger partial charge is 0.395 e. The smallest absolute Gasteiger partial charge is 0.0527 e. The van der Waals surface area contributed by atoms with E-state index in [0.717, 1.165) is 12.8 Å². The van der Waals surface area contributed by atoms with E-state index in [1.54, 1.807) is 0 Å². The van der Waals surface area contributed by atoms with E-state index in [0.29, 0.717) is 12.0 Å². The van der Waals surface area contributed by atoms with Gasteiger partial charge in [-0.3, -0.25) is 0 Å². The third-order valence-electron chi connectivity index (χ3n) is 3.15. The van der Waals surface area contributed by atoms with E-state index in [-0.39, 0.29) is 5.41 Å². The van der Waals surface area contributed by atoms with Crippen molar-refractivity contribution in [2.24, 2.45) is 10.8 Å². The average Bonchev–Trinajstić information content (AvgIpc) is 2.55. The quantitative estimate of drug-likeness (QED) is 0.640. The molecule has 1 rings (SSSR count). The van der Waals surface area contributed by atoms with Gasteiger partial charge in [0, 0.05) is 5.41 Å². The van der Waals surface area contributed by atoms with Crippen molar-refractivity contribution in [1.29, 1.82) is 0 Å². The second kappa shape index (κ2) is 3.21. The van der Waals surface area contributed by atoms with Crippen molar-refractivity contribution in [3.8, 4) is 0 Å². The van der Waals surface area contributed by atoms with Gasteiger partial charge in [0.25, 0.3) is 0 Å². The molecule has 0 aromatic carbocycles. The lowest BCUT2D eigenvalue weighted by Gasteiger charge is -2.12. The first kappa shape index (κ1) is 9.79. The van der Waals surface area contributed by atoms with E-state index in [4.69, 9.17) is 0 Å². The first-order chi connectivity index (χ1) is 5.58. The monoisotopic (exact) mass is 168 g/mol. The lowest BCUT2D eigenvalue weighted by atomic mass is 9.96. The van der Waals surface area contributed by atoms with Crippen LogP contribution in [0.4, 0.5) is 0 Å². The van der Waals surface area contributed by atoms with Crippen molar-refractivity contribution >= 4 is 0 Å². The standard InChI is InChI=1S/C11H20O/c1-4-5-6-7-11(9-12)8-10(11,2)3/h6-7,12H,4-5,8-9H2,1-3H3/b7-6+.